The maximum absolute atomic E-state index is 5.32. The predicted octanol–water partition coefficient (Wildman–Crippen LogP) is 2.71. The summed E-state index contributed by atoms with van der Waals surface area (Å²) in [7, 11) is 1.71. The van der Waals surface area contributed by atoms with Crippen molar-refractivity contribution in [2.24, 2.45) is 0 Å². The first-order chi connectivity index (χ1) is 11.8. The second kappa shape index (κ2) is 6.81. The van der Waals surface area contributed by atoms with E-state index in [0.29, 0.717) is 18.5 Å². The van der Waals surface area contributed by atoms with Crippen molar-refractivity contribution >= 4 is 5.69 Å². The molecular weight excluding hydrogens is 304 g/mol. The van der Waals surface area contributed by atoms with Crippen molar-refractivity contribution in [1.82, 2.24) is 15.5 Å². The van der Waals surface area contributed by atoms with E-state index >= 15 is 0 Å². The zero-order chi connectivity index (χ0) is 16.4. The number of hydrogen-bond acceptors (Lipinski definition) is 6. The van der Waals surface area contributed by atoms with Crippen LogP contribution in [0.25, 0.3) is 0 Å². The fourth-order valence-corrected chi connectivity index (χ4v) is 3.22. The van der Waals surface area contributed by atoms with Gasteiger partial charge in [-0.05, 0) is 37.8 Å². The Hall–Kier alpha value is -2.08. The Morgan fingerprint density at radius 3 is 2.83 bits per heavy atom. The van der Waals surface area contributed by atoms with Gasteiger partial charge in [-0.2, -0.15) is 4.98 Å². The molecule has 0 spiro atoms. The van der Waals surface area contributed by atoms with Gasteiger partial charge in [0.25, 0.3) is 0 Å². The standard InChI is InChI=1S/C18H24N4O2/c1-23-16-4-2-3-15(11-16)22-9-7-14(8-10-22)19-12-17-20-18(24-21-17)13-5-6-13/h2-4,11,13-14,19H,5-10,12H2,1H3. The van der Waals surface area contributed by atoms with Gasteiger partial charge >= 0.3 is 0 Å². The lowest BCUT2D eigenvalue weighted by Gasteiger charge is -2.34. The van der Waals surface area contributed by atoms with E-state index in [0.717, 1.165) is 43.4 Å². The Balaban J connectivity index is 1.26. The molecule has 24 heavy (non-hydrogen) atoms. The highest BCUT2D eigenvalue weighted by atomic mass is 16.5. The molecule has 0 bridgehead atoms. The molecule has 6 nitrogen and oxygen atoms in total. The van der Waals surface area contributed by atoms with E-state index in [-0.39, 0.29) is 0 Å². The third-order valence-electron chi connectivity index (χ3n) is 4.87. The molecule has 2 fully saturated rings. The van der Waals surface area contributed by atoms with Crippen LogP contribution in [0.3, 0.4) is 0 Å². The van der Waals surface area contributed by atoms with Crippen molar-refractivity contribution in [2.75, 3.05) is 25.1 Å². The maximum Gasteiger partial charge on any atom is 0.229 e. The number of rotatable bonds is 6. The van der Waals surface area contributed by atoms with Crippen LogP contribution in [-0.2, 0) is 6.54 Å². The Labute approximate surface area is 142 Å². The summed E-state index contributed by atoms with van der Waals surface area (Å²) >= 11 is 0. The van der Waals surface area contributed by atoms with Crippen molar-refractivity contribution < 1.29 is 9.26 Å². The molecule has 0 unspecified atom stereocenters. The van der Waals surface area contributed by atoms with Crippen molar-refractivity contribution in [3.05, 3.63) is 36.0 Å². The topological polar surface area (TPSA) is 63.4 Å². The van der Waals surface area contributed by atoms with Gasteiger partial charge in [0.15, 0.2) is 5.82 Å². The lowest BCUT2D eigenvalue weighted by atomic mass is 10.0. The van der Waals surface area contributed by atoms with Crippen LogP contribution in [0.2, 0.25) is 0 Å². The van der Waals surface area contributed by atoms with E-state index in [4.69, 9.17) is 9.26 Å². The van der Waals surface area contributed by atoms with Crippen LogP contribution >= 0.6 is 0 Å². The summed E-state index contributed by atoms with van der Waals surface area (Å²) in [6.45, 7) is 2.79. The number of nitrogens with one attached hydrogen (secondary N) is 1. The molecule has 2 aromatic rings. The Bertz CT molecular complexity index is 675. The normalized spacial score (nSPS) is 18.8. The van der Waals surface area contributed by atoms with Gasteiger partial charge in [0.2, 0.25) is 5.89 Å². The summed E-state index contributed by atoms with van der Waals surface area (Å²) in [4.78, 5) is 6.89. The number of methoxy groups -OCH3 is 1. The van der Waals surface area contributed by atoms with Gasteiger partial charge in [0, 0.05) is 36.8 Å². The van der Waals surface area contributed by atoms with E-state index in [1.54, 1.807) is 7.11 Å². The average molecular weight is 328 g/mol. The minimum atomic E-state index is 0.509. The SMILES string of the molecule is COc1cccc(N2CCC(NCc3noc(C4CC4)n3)CC2)c1. The average Bonchev–Trinajstić information content (AvgIpc) is 3.39. The van der Waals surface area contributed by atoms with E-state index < -0.39 is 0 Å². The molecule has 1 aromatic carbocycles. The molecule has 1 saturated carbocycles. The lowest BCUT2D eigenvalue weighted by molar-refractivity contribution is 0.365. The predicted molar refractivity (Wildman–Crippen MR) is 91.3 cm³/mol. The van der Waals surface area contributed by atoms with Gasteiger partial charge in [-0.3, -0.25) is 0 Å². The molecule has 2 aliphatic rings. The zero-order valence-electron chi connectivity index (χ0n) is 14.1. The number of nitrogens with zero attached hydrogens (tertiary/aromatic N) is 3. The minimum Gasteiger partial charge on any atom is -0.497 e. The first kappa shape index (κ1) is 15.4. The number of ether oxygens (including phenoxy) is 1. The van der Waals surface area contributed by atoms with Crippen molar-refractivity contribution in [1.29, 1.82) is 0 Å². The van der Waals surface area contributed by atoms with Crippen LogP contribution in [0, 0.1) is 0 Å². The van der Waals surface area contributed by atoms with Crippen molar-refractivity contribution in [3.8, 4) is 5.75 Å². The van der Waals surface area contributed by atoms with E-state index in [1.165, 1.54) is 18.5 Å². The molecule has 1 aliphatic carbocycles. The minimum absolute atomic E-state index is 0.509. The van der Waals surface area contributed by atoms with Gasteiger partial charge in [-0.1, -0.05) is 11.2 Å². The second-order valence-corrected chi connectivity index (χ2v) is 6.67. The summed E-state index contributed by atoms with van der Waals surface area (Å²) in [5, 5.41) is 7.64. The summed E-state index contributed by atoms with van der Waals surface area (Å²) in [6, 6.07) is 8.79. The molecular formula is C18H24N4O2. The maximum atomic E-state index is 5.32. The van der Waals surface area contributed by atoms with Gasteiger partial charge in [-0.15, -0.1) is 0 Å². The molecule has 0 atom stereocenters. The quantitative estimate of drug-likeness (QED) is 0.880. The number of piperidine rings is 1. The van der Waals surface area contributed by atoms with Crippen molar-refractivity contribution in [3.63, 3.8) is 0 Å². The third kappa shape index (κ3) is 3.53. The summed E-state index contributed by atoms with van der Waals surface area (Å²) in [6.07, 6.45) is 4.62. The first-order valence-electron chi connectivity index (χ1n) is 8.76. The van der Waals surface area contributed by atoms with Crippen LogP contribution in [0.5, 0.6) is 5.75 Å². The summed E-state index contributed by atoms with van der Waals surface area (Å²) in [5.41, 5.74) is 1.24. The Kier molecular flexibility index (Phi) is 4.38. The molecule has 4 rings (SSSR count). The van der Waals surface area contributed by atoms with Gasteiger partial charge in [0.1, 0.15) is 5.75 Å². The Morgan fingerprint density at radius 1 is 1.25 bits per heavy atom. The Morgan fingerprint density at radius 2 is 2.08 bits per heavy atom. The number of hydrogen-bond donors (Lipinski definition) is 1. The van der Waals surface area contributed by atoms with Crippen LogP contribution in [-0.4, -0.2) is 36.4 Å². The molecule has 2 heterocycles. The number of benzene rings is 1. The smallest absolute Gasteiger partial charge is 0.229 e. The van der Waals surface area contributed by atoms with Crippen LogP contribution in [0.4, 0.5) is 5.69 Å². The fourth-order valence-electron chi connectivity index (χ4n) is 3.22. The monoisotopic (exact) mass is 328 g/mol. The largest absolute Gasteiger partial charge is 0.497 e. The molecule has 1 aromatic heterocycles. The van der Waals surface area contributed by atoms with Gasteiger partial charge < -0.3 is 19.5 Å². The highest BCUT2D eigenvalue weighted by Crippen LogP contribution is 2.38. The van der Waals surface area contributed by atoms with Crippen LogP contribution < -0.4 is 15.0 Å². The van der Waals surface area contributed by atoms with Crippen LogP contribution in [0.1, 0.15) is 43.3 Å². The zero-order valence-corrected chi connectivity index (χ0v) is 14.1. The second-order valence-electron chi connectivity index (χ2n) is 6.67. The summed E-state index contributed by atoms with van der Waals surface area (Å²) in [5.74, 6) is 3.04. The highest BCUT2D eigenvalue weighted by molar-refractivity contribution is 5.51. The fraction of sp³-hybridized carbons (Fsp3) is 0.556. The van der Waals surface area contributed by atoms with Crippen molar-refractivity contribution in [2.45, 2.75) is 44.2 Å². The molecule has 1 aliphatic heterocycles. The molecule has 0 amide bonds. The van der Waals surface area contributed by atoms with E-state index in [2.05, 4.69) is 32.5 Å². The number of anilines is 1. The molecule has 1 N–H and O–H groups in total. The first-order valence-corrected chi connectivity index (χ1v) is 8.76. The molecule has 1 saturated heterocycles. The van der Waals surface area contributed by atoms with Crippen LogP contribution in [0.15, 0.2) is 28.8 Å². The highest BCUT2D eigenvalue weighted by Gasteiger charge is 2.29. The van der Waals surface area contributed by atoms with Gasteiger partial charge in [0.05, 0.1) is 13.7 Å². The number of aromatic nitrogens is 2. The summed E-state index contributed by atoms with van der Waals surface area (Å²) < 4.78 is 10.6. The van der Waals surface area contributed by atoms with Gasteiger partial charge in [-0.25, -0.2) is 0 Å². The molecule has 0 radical (unpaired) electrons. The molecule has 6 heteroatoms. The molecule has 128 valence electrons. The third-order valence-corrected chi connectivity index (χ3v) is 4.87. The lowest BCUT2D eigenvalue weighted by Crippen LogP contribution is -2.42. The van der Waals surface area contributed by atoms with E-state index in [9.17, 15) is 0 Å². The van der Waals surface area contributed by atoms with E-state index in [1.807, 2.05) is 12.1 Å².